The summed E-state index contributed by atoms with van der Waals surface area (Å²) in [6.45, 7) is 6.40. The third-order valence-corrected chi connectivity index (χ3v) is 3.49. The van der Waals surface area contributed by atoms with Crippen molar-refractivity contribution in [2.45, 2.75) is 25.9 Å². The molecular weight excluding hydrogens is 212 g/mol. The zero-order valence-corrected chi connectivity index (χ0v) is 11.4. The van der Waals surface area contributed by atoms with E-state index >= 15 is 0 Å². The first-order valence-corrected chi connectivity index (χ1v) is 5.98. The molecule has 0 amide bonds. The van der Waals surface area contributed by atoms with Crippen LogP contribution in [0.4, 0.5) is 0 Å². The molecular formula is C14H24N2O. The van der Waals surface area contributed by atoms with Gasteiger partial charge in [-0.2, -0.15) is 0 Å². The smallest absolute Gasteiger partial charge is 0.0656 e. The van der Waals surface area contributed by atoms with Crippen molar-refractivity contribution in [1.29, 1.82) is 0 Å². The van der Waals surface area contributed by atoms with Crippen molar-refractivity contribution in [2.24, 2.45) is 5.73 Å². The van der Waals surface area contributed by atoms with Crippen LogP contribution in [0, 0.1) is 6.92 Å². The number of hydrogen-bond donors (Lipinski definition) is 1. The van der Waals surface area contributed by atoms with E-state index < -0.39 is 0 Å². The second kappa shape index (κ2) is 6.15. The Kier molecular flexibility index (Phi) is 5.12. The molecule has 0 spiro atoms. The normalized spacial score (nSPS) is 14.9. The highest BCUT2D eigenvalue weighted by Gasteiger charge is 2.27. The summed E-state index contributed by atoms with van der Waals surface area (Å²) in [6, 6.07) is 8.44. The predicted octanol–water partition coefficient (Wildman–Crippen LogP) is 1.79. The first kappa shape index (κ1) is 14.2. The maximum absolute atomic E-state index is 5.86. The molecule has 3 heteroatoms. The van der Waals surface area contributed by atoms with Gasteiger partial charge in [0.05, 0.1) is 12.1 Å². The van der Waals surface area contributed by atoms with Gasteiger partial charge in [0.25, 0.3) is 0 Å². The molecule has 1 atom stereocenters. The van der Waals surface area contributed by atoms with E-state index in [2.05, 4.69) is 50.1 Å². The van der Waals surface area contributed by atoms with E-state index in [4.69, 9.17) is 10.5 Å². The molecule has 0 saturated heterocycles. The Balaban J connectivity index is 2.77. The first-order chi connectivity index (χ1) is 8.03. The summed E-state index contributed by atoms with van der Waals surface area (Å²) in [5.41, 5.74) is 8.40. The van der Waals surface area contributed by atoms with Crippen molar-refractivity contribution in [1.82, 2.24) is 4.90 Å². The van der Waals surface area contributed by atoms with Gasteiger partial charge < -0.3 is 10.5 Å². The number of hydrogen-bond acceptors (Lipinski definition) is 3. The molecule has 0 saturated carbocycles. The molecule has 0 aliphatic heterocycles. The van der Waals surface area contributed by atoms with Crippen molar-refractivity contribution >= 4 is 0 Å². The van der Waals surface area contributed by atoms with Gasteiger partial charge in [0.15, 0.2) is 0 Å². The van der Waals surface area contributed by atoms with Crippen LogP contribution in [0.5, 0.6) is 0 Å². The monoisotopic (exact) mass is 236 g/mol. The number of nitrogens with two attached hydrogens (primary N) is 1. The average molecular weight is 236 g/mol. The highest BCUT2D eigenvalue weighted by Crippen LogP contribution is 2.17. The highest BCUT2D eigenvalue weighted by molar-refractivity contribution is 5.25. The van der Waals surface area contributed by atoms with Gasteiger partial charge in [-0.1, -0.05) is 24.3 Å². The van der Waals surface area contributed by atoms with Crippen molar-refractivity contribution in [3.8, 4) is 0 Å². The van der Waals surface area contributed by atoms with Gasteiger partial charge in [-0.25, -0.2) is 0 Å². The lowest BCUT2D eigenvalue weighted by Gasteiger charge is -2.37. The fourth-order valence-electron chi connectivity index (χ4n) is 1.87. The molecule has 96 valence electrons. The zero-order chi connectivity index (χ0) is 12.9. The minimum Gasteiger partial charge on any atom is -0.383 e. The van der Waals surface area contributed by atoms with Crippen LogP contribution in [-0.4, -0.2) is 37.7 Å². The number of likely N-dealkylation sites (N-methyl/N-ethyl adjacent to an activating group) is 1. The van der Waals surface area contributed by atoms with Crippen LogP contribution in [0.15, 0.2) is 24.3 Å². The second-order valence-corrected chi connectivity index (χ2v) is 4.92. The van der Waals surface area contributed by atoms with E-state index in [0.717, 1.165) is 6.54 Å². The topological polar surface area (TPSA) is 38.5 Å². The van der Waals surface area contributed by atoms with Gasteiger partial charge in [0.1, 0.15) is 0 Å². The van der Waals surface area contributed by atoms with Crippen LogP contribution in [0.2, 0.25) is 0 Å². The standard InChI is InChI=1S/C14H24N2O/c1-12-7-5-6-8-13(12)9-16(3)14(2,10-15)11-17-4/h5-8H,9-11,15H2,1-4H3. The minimum atomic E-state index is -0.114. The number of benzene rings is 1. The molecule has 0 fully saturated rings. The number of methoxy groups -OCH3 is 1. The van der Waals surface area contributed by atoms with Crippen LogP contribution in [0.3, 0.4) is 0 Å². The lowest BCUT2D eigenvalue weighted by molar-refractivity contribution is 0.0390. The van der Waals surface area contributed by atoms with Gasteiger partial charge in [-0.15, -0.1) is 0 Å². The largest absolute Gasteiger partial charge is 0.383 e. The molecule has 17 heavy (non-hydrogen) atoms. The lowest BCUT2D eigenvalue weighted by atomic mass is 10.00. The predicted molar refractivity (Wildman–Crippen MR) is 72.0 cm³/mol. The number of nitrogens with zero attached hydrogens (tertiary/aromatic N) is 1. The van der Waals surface area contributed by atoms with E-state index in [1.54, 1.807) is 7.11 Å². The molecule has 0 aliphatic carbocycles. The van der Waals surface area contributed by atoms with E-state index in [9.17, 15) is 0 Å². The van der Waals surface area contributed by atoms with Crippen LogP contribution in [-0.2, 0) is 11.3 Å². The van der Waals surface area contributed by atoms with E-state index in [-0.39, 0.29) is 5.54 Å². The molecule has 0 heterocycles. The second-order valence-electron chi connectivity index (χ2n) is 4.92. The zero-order valence-electron chi connectivity index (χ0n) is 11.4. The van der Waals surface area contributed by atoms with Gasteiger partial charge >= 0.3 is 0 Å². The summed E-state index contributed by atoms with van der Waals surface area (Å²) in [5, 5.41) is 0. The molecule has 0 aliphatic rings. The van der Waals surface area contributed by atoms with E-state index in [0.29, 0.717) is 13.2 Å². The van der Waals surface area contributed by atoms with Gasteiger partial charge in [0.2, 0.25) is 0 Å². The number of ether oxygens (including phenoxy) is 1. The van der Waals surface area contributed by atoms with Crippen molar-refractivity contribution in [3.63, 3.8) is 0 Å². The Hall–Kier alpha value is -0.900. The fourth-order valence-corrected chi connectivity index (χ4v) is 1.87. The minimum absolute atomic E-state index is 0.114. The molecule has 1 unspecified atom stereocenters. The Morgan fingerprint density at radius 3 is 2.53 bits per heavy atom. The van der Waals surface area contributed by atoms with Crippen LogP contribution in [0.1, 0.15) is 18.1 Å². The van der Waals surface area contributed by atoms with Gasteiger partial charge in [-0.3, -0.25) is 4.90 Å². The molecule has 0 radical (unpaired) electrons. The maximum Gasteiger partial charge on any atom is 0.0656 e. The first-order valence-electron chi connectivity index (χ1n) is 5.98. The third-order valence-electron chi connectivity index (χ3n) is 3.49. The van der Waals surface area contributed by atoms with Crippen molar-refractivity contribution < 1.29 is 4.74 Å². The van der Waals surface area contributed by atoms with Crippen LogP contribution >= 0.6 is 0 Å². The fraction of sp³-hybridized carbons (Fsp3) is 0.571. The number of aryl methyl sites for hydroxylation is 1. The molecule has 1 rings (SSSR count). The van der Waals surface area contributed by atoms with Crippen molar-refractivity contribution in [3.05, 3.63) is 35.4 Å². The summed E-state index contributed by atoms with van der Waals surface area (Å²) < 4.78 is 5.27. The van der Waals surface area contributed by atoms with Crippen molar-refractivity contribution in [2.75, 3.05) is 27.3 Å². The quantitative estimate of drug-likeness (QED) is 0.818. The Bertz CT molecular complexity index is 354. The molecule has 0 aromatic heterocycles. The average Bonchev–Trinajstić information content (AvgIpc) is 2.32. The van der Waals surface area contributed by atoms with Gasteiger partial charge in [0, 0.05) is 20.2 Å². The lowest BCUT2D eigenvalue weighted by Crippen LogP contribution is -2.52. The summed E-state index contributed by atoms with van der Waals surface area (Å²) in [6.07, 6.45) is 0. The summed E-state index contributed by atoms with van der Waals surface area (Å²) in [7, 11) is 3.81. The molecule has 2 N–H and O–H groups in total. The molecule has 0 bridgehead atoms. The molecule has 1 aromatic rings. The van der Waals surface area contributed by atoms with E-state index in [1.165, 1.54) is 11.1 Å². The summed E-state index contributed by atoms with van der Waals surface area (Å²) in [5.74, 6) is 0. The summed E-state index contributed by atoms with van der Waals surface area (Å²) >= 11 is 0. The molecule has 3 nitrogen and oxygen atoms in total. The molecule has 1 aromatic carbocycles. The van der Waals surface area contributed by atoms with E-state index in [1.807, 2.05) is 0 Å². The number of rotatable bonds is 6. The Morgan fingerprint density at radius 2 is 2.00 bits per heavy atom. The Morgan fingerprint density at radius 1 is 1.35 bits per heavy atom. The van der Waals surface area contributed by atoms with Crippen LogP contribution < -0.4 is 5.73 Å². The SMILES string of the molecule is COCC(C)(CN)N(C)Cc1ccccc1C. The van der Waals surface area contributed by atoms with Crippen LogP contribution in [0.25, 0.3) is 0 Å². The maximum atomic E-state index is 5.86. The third kappa shape index (κ3) is 3.53. The summed E-state index contributed by atoms with van der Waals surface area (Å²) in [4.78, 5) is 2.26. The highest BCUT2D eigenvalue weighted by atomic mass is 16.5. The van der Waals surface area contributed by atoms with Gasteiger partial charge in [-0.05, 0) is 32.0 Å². The Labute approximate surface area is 105 Å².